The van der Waals surface area contributed by atoms with Crippen LogP contribution < -0.4 is 0 Å². The largest absolute Gasteiger partial charge is 0.207 e. The molecule has 0 amide bonds. The average molecular weight is 184 g/mol. The molecule has 0 saturated carbocycles. The van der Waals surface area contributed by atoms with E-state index in [9.17, 15) is 4.39 Å². The molecule has 0 atom stereocenters. The van der Waals surface area contributed by atoms with Crippen molar-refractivity contribution >= 4 is 11.6 Å². The van der Waals surface area contributed by atoms with Crippen molar-refractivity contribution in [1.29, 1.82) is 5.26 Å². The third kappa shape index (κ3) is 2.21. The fourth-order valence-electron chi connectivity index (χ4n) is 0.988. The molecule has 0 saturated heterocycles. The van der Waals surface area contributed by atoms with Gasteiger partial charge in [0.05, 0.1) is 12.5 Å². The molecule has 0 heterocycles. The Labute approximate surface area is 75.4 Å². The number of nitrogens with zero attached hydrogens (tertiary/aromatic N) is 1. The zero-order valence-electron chi connectivity index (χ0n) is 6.35. The van der Waals surface area contributed by atoms with Crippen LogP contribution in [0.15, 0.2) is 18.2 Å². The Kier molecular flexibility index (Phi) is 3.07. The zero-order chi connectivity index (χ0) is 8.97. The summed E-state index contributed by atoms with van der Waals surface area (Å²) in [6, 6.07) is 6.40. The first-order valence-electron chi connectivity index (χ1n) is 3.47. The summed E-state index contributed by atoms with van der Waals surface area (Å²) < 4.78 is 12.8. The summed E-state index contributed by atoms with van der Waals surface area (Å²) in [7, 11) is 0. The standard InChI is InChI=1S/C9H7ClFN/c10-6-8-3-7(1-2-12)4-9(11)5-8/h3-5H,1,6H2. The highest BCUT2D eigenvalue weighted by atomic mass is 35.5. The van der Waals surface area contributed by atoms with Crippen molar-refractivity contribution in [1.82, 2.24) is 0 Å². The van der Waals surface area contributed by atoms with E-state index in [0.717, 1.165) is 0 Å². The summed E-state index contributed by atoms with van der Waals surface area (Å²) >= 11 is 5.52. The Balaban J connectivity index is 2.99. The van der Waals surface area contributed by atoms with Gasteiger partial charge in [-0.05, 0) is 23.3 Å². The lowest BCUT2D eigenvalue weighted by Crippen LogP contribution is -1.88. The lowest BCUT2D eigenvalue weighted by Gasteiger charge is -1.99. The molecule has 0 fully saturated rings. The van der Waals surface area contributed by atoms with E-state index in [0.29, 0.717) is 11.1 Å². The molecule has 1 rings (SSSR count). The van der Waals surface area contributed by atoms with Gasteiger partial charge in [0.1, 0.15) is 5.82 Å². The molecule has 0 spiro atoms. The average Bonchev–Trinajstić information content (AvgIpc) is 2.04. The number of rotatable bonds is 2. The Morgan fingerprint density at radius 1 is 1.33 bits per heavy atom. The molecule has 0 aliphatic heterocycles. The number of halogens is 2. The van der Waals surface area contributed by atoms with Crippen molar-refractivity contribution in [2.24, 2.45) is 0 Å². The van der Waals surface area contributed by atoms with Gasteiger partial charge >= 0.3 is 0 Å². The molecule has 0 unspecified atom stereocenters. The van der Waals surface area contributed by atoms with Crippen molar-refractivity contribution in [3.05, 3.63) is 35.1 Å². The topological polar surface area (TPSA) is 23.8 Å². The quantitative estimate of drug-likeness (QED) is 0.647. The summed E-state index contributed by atoms with van der Waals surface area (Å²) in [5, 5.41) is 8.37. The van der Waals surface area contributed by atoms with Crippen LogP contribution in [-0.2, 0) is 12.3 Å². The molecule has 0 radical (unpaired) electrons. The summed E-state index contributed by atoms with van der Waals surface area (Å²) in [6.07, 6.45) is 0.224. The van der Waals surface area contributed by atoms with Crippen LogP contribution in [0, 0.1) is 17.1 Å². The first-order valence-corrected chi connectivity index (χ1v) is 4.01. The molecule has 0 aromatic heterocycles. The summed E-state index contributed by atoms with van der Waals surface area (Å²) in [4.78, 5) is 0. The Hall–Kier alpha value is -1.07. The molecular formula is C9H7ClFN. The predicted molar refractivity (Wildman–Crippen MR) is 45.3 cm³/mol. The first kappa shape index (κ1) is 9.02. The van der Waals surface area contributed by atoms with Crippen LogP contribution in [0.1, 0.15) is 11.1 Å². The van der Waals surface area contributed by atoms with E-state index in [4.69, 9.17) is 16.9 Å². The number of alkyl halides is 1. The molecule has 0 aliphatic carbocycles. The number of benzene rings is 1. The van der Waals surface area contributed by atoms with Crippen molar-refractivity contribution < 1.29 is 4.39 Å². The minimum absolute atomic E-state index is 0.224. The van der Waals surface area contributed by atoms with Crippen LogP contribution >= 0.6 is 11.6 Å². The van der Waals surface area contributed by atoms with Gasteiger partial charge in [-0.15, -0.1) is 11.6 Å². The van der Waals surface area contributed by atoms with Gasteiger partial charge in [-0.2, -0.15) is 5.26 Å². The monoisotopic (exact) mass is 183 g/mol. The molecular weight excluding hydrogens is 177 g/mol. The molecule has 1 nitrogen and oxygen atoms in total. The van der Waals surface area contributed by atoms with Gasteiger partial charge < -0.3 is 0 Å². The Morgan fingerprint density at radius 2 is 2.00 bits per heavy atom. The van der Waals surface area contributed by atoms with Gasteiger partial charge in [0.25, 0.3) is 0 Å². The predicted octanol–water partition coefficient (Wildman–Crippen LogP) is 2.63. The second kappa shape index (κ2) is 4.08. The maximum absolute atomic E-state index is 12.8. The molecule has 62 valence electrons. The highest BCUT2D eigenvalue weighted by molar-refractivity contribution is 6.17. The van der Waals surface area contributed by atoms with E-state index in [1.54, 1.807) is 6.07 Å². The lowest BCUT2D eigenvalue weighted by molar-refractivity contribution is 0.624. The second-order valence-corrected chi connectivity index (χ2v) is 2.70. The van der Waals surface area contributed by atoms with Gasteiger partial charge in [-0.3, -0.25) is 0 Å². The highest BCUT2D eigenvalue weighted by Crippen LogP contribution is 2.11. The van der Waals surface area contributed by atoms with Crippen molar-refractivity contribution in [2.75, 3.05) is 0 Å². The van der Waals surface area contributed by atoms with E-state index < -0.39 is 0 Å². The zero-order valence-corrected chi connectivity index (χ0v) is 7.11. The fourth-order valence-corrected chi connectivity index (χ4v) is 1.14. The van der Waals surface area contributed by atoms with Gasteiger partial charge in [0.15, 0.2) is 0 Å². The van der Waals surface area contributed by atoms with Crippen LogP contribution in [0.25, 0.3) is 0 Å². The SMILES string of the molecule is N#CCc1cc(F)cc(CCl)c1. The second-order valence-electron chi connectivity index (χ2n) is 2.44. The van der Waals surface area contributed by atoms with Crippen LogP contribution in [-0.4, -0.2) is 0 Å². The smallest absolute Gasteiger partial charge is 0.123 e. The molecule has 0 aliphatic rings. The van der Waals surface area contributed by atoms with E-state index >= 15 is 0 Å². The van der Waals surface area contributed by atoms with Gasteiger partial charge in [0, 0.05) is 5.88 Å². The normalized spacial score (nSPS) is 9.42. The van der Waals surface area contributed by atoms with Gasteiger partial charge in [0.2, 0.25) is 0 Å². The van der Waals surface area contributed by atoms with Gasteiger partial charge in [-0.1, -0.05) is 6.07 Å². The first-order chi connectivity index (χ1) is 5.76. The minimum Gasteiger partial charge on any atom is -0.207 e. The van der Waals surface area contributed by atoms with Crippen molar-refractivity contribution in [2.45, 2.75) is 12.3 Å². The van der Waals surface area contributed by atoms with Crippen LogP contribution in [0.5, 0.6) is 0 Å². The number of hydrogen-bond donors (Lipinski definition) is 0. The minimum atomic E-state index is -0.335. The van der Waals surface area contributed by atoms with Gasteiger partial charge in [-0.25, -0.2) is 4.39 Å². The third-order valence-electron chi connectivity index (χ3n) is 1.45. The third-order valence-corrected chi connectivity index (χ3v) is 1.76. The highest BCUT2D eigenvalue weighted by Gasteiger charge is 1.99. The Morgan fingerprint density at radius 3 is 2.58 bits per heavy atom. The van der Waals surface area contributed by atoms with E-state index in [1.807, 2.05) is 6.07 Å². The van der Waals surface area contributed by atoms with E-state index in [2.05, 4.69) is 0 Å². The molecule has 1 aromatic rings. The summed E-state index contributed by atoms with van der Waals surface area (Å²) in [5.74, 6) is -0.0608. The van der Waals surface area contributed by atoms with Crippen LogP contribution in [0.3, 0.4) is 0 Å². The molecule has 1 aromatic carbocycles. The number of nitriles is 1. The molecule has 3 heteroatoms. The fraction of sp³-hybridized carbons (Fsp3) is 0.222. The molecule has 0 bridgehead atoms. The summed E-state index contributed by atoms with van der Waals surface area (Å²) in [5.41, 5.74) is 1.38. The summed E-state index contributed by atoms with van der Waals surface area (Å²) in [6.45, 7) is 0. The maximum atomic E-state index is 12.8. The van der Waals surface area contributed by atoms with E-state index in [-0.39, 0.29) is 18.1 Å². The van der Waals surface area contributed by atoms with Crippen molar-refractivity contribution in [3.8, 4) is 6.07 Å². The number of hydrogen-bond acceptors (Lipinski definition) is 1. The van der Waals surface area contributed by atoms with Crippen LogP contribution in [0.2, 0.25) is 0 Å². The lowest BCUT2D eigenvalue weighted by atomic mass is 10.1. The maximum Gasteiger partial charge on any atom is 0.123 e. The Bertz CT molecular complexity index is 317. The van der Waals surface area contributed by atoms with Crippen molar-refractivity contribution in [3.63, 3.8) is 0 Å². The van der Waals surface area contributed by atoms with Crippen LogP contribution in [0.4, 0.5) is 4.39 Å². The van der Waals surface area contributed by atoms with E-state index in [1.165, 1.54) is 12.1 Å². The molecule has 0 N–H and O–H groups in total. The molecule has 12 heavy (non-hydrogen) atoms.